The van der Waals surface area contributed by atoms with Gasteiger partial charge < -0.3 is 15.2 Å². The van der Waals surface area contributed by atoms with E-state index in [0.717, 1.165) is 12.8 Å². The van der Waals surface area contributed by atoms with Crippen LogP contribution in [-0.4, -0.2) is 32.5 Å². The monoisotopic (exact) mass is 145 g/mol. The van der Waals surface area contributed by atoms with E-state index in [2.05, 4.69) is 0 Å². The summed E-state index contributed by atoms with van der Waals surface area (Å²) in [7, 11) is 1.72. The summed E-state index contributed by atoms with van der Waals surface area (Å²) in [5.41, 5.74) is 5.42. The Morgan fingerprint density at radius 2 is 2.40 bits per heavy atom. The van der Waals surface area contributed by atoms with Crippen molar-refractivity contribution in [2.45, 2.75) is 25.0 Å². The summed E-state index contributed by atoms with van der Waals surface area (Å²) in [6.45, 7) is 1.34. The van der Waals surface area contributed by atoms with E-state index in [1.165, 1.54) is 0 Å². The number of rotatable bonds is 2. The normalized spacial score (nSPS) is 34.2. The summed E-state index contributed by atoms with van der Waals surface area (Å²) in [5, 5.41) is 0. The molecule has 0 spiro atoms. The van der Waals surface area contributed by atoms with E-state index in [1.54, 1.807) is 7.11 Å². The Morgan fingerprint density at radius 3 is 2.80 bits per heavy atom. The lowest BCUT2D eigenvalue weighted by Crippen LogP contribution is -2.34. The molecule has 0 aromatic heterocycles. The van der Waals surface area contributed by atoms with Crippen LogP contribution in [0.2, 0.25) is 0 Å². The predicted molar refractivity (Wildman–Crippen MR) is 38.8 cm³/mol. The smallest absolute Gasteiger partial charge is 0.0805 e. The Bertz CT molecular complexity index is 77.6. The molecule has 1 saturated heterocycles. The Balaban J connectivity index is 2.17. The number of hydrogen-bond donors (Lipinski definition) is 1. The molecular weight excluding hydrogens is 130 g/mol. The van der Waals surface area contributed by atoms with Crippen molar-refractivity contribution in [3.63, 3.8) is 0 Å². The van der Waals surface area contributed by atoms with Crippen LogP contribution < -0.4 is 5.73 Å². The zero-order valence-electron chi connectivity index (χ0n) is 6.38. The number of methoxy groups -OCH3 is 1. The first-order valence-corrected chi connectivity index (χ1v) is 3.71. The number of hydrogen-bond acceptors (Lipinski definition) is 3. The van der Waals surface area contributed by atoms with Gasteiger partial charge in [0.1, 0.15) is 0 Å². The van der Waals surface area contributed by atoms with Crippen LogP contribution in [0.15, 0.2) is 0 Å². The van der Waals surface area contributed by atoms with Crippen LogP contribution in [0.1, 0.15) is 12.8 Å². The molecule has 0 amide bonds. The van der Waals surface area contributed by atoms with Crippen LogP contribution in [0.3, 0.4) is 0 Å². The van der Waals surface area contributed by atoms with Crippen LogP contribution in [0.25, 0.3) is 0 Å². The van der Waals surface area contributed by atoms with Gasteiger partial charge in [0.05, 0.1) is 18.8 Å². The van der Waals surface area contributed by atoms with E-state index in [9.17, 15) is 0 Å². The first kappa shape index (κ1) is 7.98. The molecule has 0 aromatic carbocycles. The topological polar surface area (TPSA) is 44.5 Å². The van der Waals surface area contributed by atoms with Crippen LogP contribution in [0.4, 0.5) is 0 Å². The molecule has 3 nitrogen and oxygen atoms in total. The van der Waals surface area contributed by atoms with Crippen molar-refractivity contribution in [1.82, 2.24) is 0 Å². The standard InChI is InChI=1S/C7H15NO2/c1-9-7-3-2-6(4-8)10-5-7/h6-7H,2-5,8H2,1H3/t6-,7+/m1/s1. The Labute approximate surface area is 61.5 Å². The first-order chi connectivity index (χ1) is 4.86. The molecule has 1 fully saturated rings. The van der Waals surface area contributed by atoms with Gasteiger partial charge in [-0.05, 0) is 12.8 Å². The number of nitrogens with two attached hydrogens (primary N) is 1. The minimum absolute atomic E-state index is 0.270. The van der Waals surface area contributed by atoms with E-state index < -0.39 is 0 Å². The van der Waals surface area contributed by atoms with Crippen molar-refractivity contribution < 1.29 is 9.47 Å². The fraction of sp³-hybridized carbons (Fsp3) is 1.00. The SMILES string of the molecule is CO[C@H]1CC[C@H](CN)OC1. The van der Waals surface area contributed by atoms with Gasteiger partial charge in [0.15, 0.2) is 0 Å². The van der Waals surface area contributed by atoms with E-state index in [4.69, 9.17) is 15.2 Å². The highest BCUT2D eigenvalue weighted by Gasteiger charge is 2.19. The molecular formula is C7H15NO2. The van der Waals surface area contributed by atoms with Gasteiger partial charge in [-0.1, -0.05) is 0 Å². The largest absolute Gasteiger partial charge is 0.379 e. The average molecular weight is 145 g/mol. The summed E-state index contributed by atoms with van der Waals surface area (Å²) in [4.78, 5) is 0. The molecule has 0 saturated carbocycles. The van der Waals surface area contributed by atoms with Gasteiger partial charge in [-0.2, -0.15) is 0 Å². The lowest BCUT2D eigenvalue weighted by atomic mass is 10.1. The van der Waals surface area contributed by atoms with Crippen molar-refractivity contribution in [3.8, 4) is 0 Å². The molecule has 0 unspecified atom stereocenters. The second-order valence-electron chi connectivity index (χ2n) is 2.63. The van der Waals surface area contributed by atoms with Crippen LogP contribution in [0, 0.1) is 0 Å². The Morgan fingerprint density at radius 1 is 1.60 bits per heavy atom. The van der Waals surface area contributed by atoms with E-state index in [1.807, 2.05) is 0 Å². The number of ether oxygens (including phenoxy) is 2. The Kier molecular flexibility index (Phi) is 3.12. The molecule has 2 N–H and O–H groups in total. The van der Waals surface area contributed by atoms with Crippen LogP contribution in [-0.2, 0) is 9.47 Å². The molecule has 2 atom stereocenters. The quantitative estimate of drug-likeness (QED) is 0.601. The Hall–Kier alpha value is -0.120. The third-order valence-corrected chi connectivity index (χ3v) is 1.92. The molecule has 1 aliphatic heterocycles. The molecule has 60 valence electrons. The maximum atomic E-state index is 5.42. The van der Waals surface area contributed by atoms with Gasteiger partial charge in [0, 0.05) is 13.7 Å². The first-order valence-electron chi connectivity index (χ1n) is 3.71. The molecule has 10 heavy (non-hydrogen) atoms. The zero-order chi connectivity index (χ0) is 7.40. The van der Waals surface area contributed by atoms with E-state index in [0.29, 0.717) is 19.3 Å². The molecule has 0 bridgehead atoms. The third kappa shape index (κ3) is 1.94. The second-order valence-corrected chi connectivity index (χ2v) is 2.63. The lowest BCUT2D eigenvalue weighted by Gasteiger charge is -2.26. The van der Waals surface area contributed by atoms with Crippen molar-refractivity contribution in [2.24, 2.45) is 5.73 Å². The molecule has 0 radical (unpaired) electrons. The summed E-state index contributed by atoms with van der Waals surface area (Å²) in [6.07, 6.45) is 2.68. The minimum atomic E-state index is 0.270. The molecule has 0 aromatic rings. The van der Waals surface area contributed by atoms with Crippen LogP contribution >= 0.6 is 0 Å². The molecule has 1 heterocycles. The van der Waals surface area contributed by atoms with E-state index in [-0.39, 0.29) is 6.10 Å². The van der Waals surface area contributed by atoms with Crippen molar-refractivity contribution in [2.75, 3.05) is 20.3 Å². The third-order valence-electron chi connectivity index (χ3n) is 1.92. The summed E-state index contributed by atoms with van der Waals surface area (Å²) in [5.74, 6) is 0. The fourth-order valence-corrected chi connectivity index (χ4v) is 1.15. The van der Waals surface area contributed by atoms with Crippen LogP contribution in [0.5, 0.6) is 0 Å². The summed E-state index contributed by atoms with van der Waals surface area (Å²) >= 11 is 0. The molecule has 1 aliphatic rings. The average Bonchev–Trinajstić information content (AvgIpc) is 2.05. The van der Waals surface area contributed by atoms with Crippen molar-refractivity contribution in [1.29, 1.82) is 0 Å². The highest BCUT2D eigenvalue weighted by atomic mass is 16.5. The van der Waals surface area contributed by atoms with E-state index >= 15 is 0 Å². The van der Waals surface area contributed by atoms with Gasteiger partial charge in [-0.3, -0.25) is 0 Å². The lowest BCUT2D eigenvalue weighted by molar-refractivity contribution is -0.0672. The van der Waals surface area contributed by atoms with Gasteiger partial charge in [0.2, 0.25) is 0 Å². The molecule has 3 heteroatoms. The maximum Gasteiger partial charge on any atom is 0.0805 e. The molecule has 1 rings (SSSR count). The fourth-order valence-electron chi connectivity index (χ4n) is 1.15. The highest BCUT2D eigenvalue weighted by molar-refractivity contribution is 4.70. The summed E-state index contributed by atoms with van der Waals surface area (Å²) < 4.78 is 10.5. The maximum absolute atomic E-state index is 5.42. The van der Waals surface area contributed by atoms with Gasteiger partial charge in [-0.25, -0.2) is 0 Å². The molecule has 0 aliphatic carbocycles. The zero-order valence-corrected chi connectivity index (χ0v) is 6.38. The minimum Gasteiger partial charge on any atom is -0.379 e. The van der Waals surface area contributed by atoms with Gasteiger partial charge in [0.25, 0.3) is 0 Å². The second kappa shape index (κ2) is 3.91. The highest BCUT2D eigenvalue weighted by Crippen LogP contribution is 2.14. The predicted octanol–water partition coefficient (Wildman–Crippen LogP) is 0.139. The van der Waals surface area contributed by atoms with Gasteiger partial charge >= 0.3 is 0 Å². The van der Waals surface area contributed by atoms with Crippen molar-refractivity contribution in [3.05, 3.63) is 0 Å². The summed E-state index contributed by atoms with van der Waals surface area (Å²) in [6, 6.07) is 0. The van der Waals surface area contributed by atoms with Crippen molar-refractivity contribution >= 4 is 0 Å². The van der Waals surface area contributed by atoms with Gasteiger partial charge in [-0.15, -0.1) is 0 Å².